The van der Waals surface area contributed by atoms with Crippen molar-refractivity contribution in [3.8, 4) is 0 Å². The molecule has 4 heteroatoms. The number of fused-ring (bicyclic) bond motifs is 1. The number of urea groups is 1. The molecule has 126 valence electrons. The van der Waals surface area contributed by atoms with Gasteiger partial charge in [-0.3, -0.25) is 0 Å². The Morgan fingerprint density at radius 1 is 1.12 bits per heavy atom. The van der Waals surface area contributed by atoms with Gasteiger partial charge in [-0.05, 0) is 36.0 Å². The van der Waals surface area contributed by atoms with Crippen molar-refractivity contribution in [3.63, 3.8) is 0 Å². The smallest absolute Gasteiger partial charge is 0.315 e. The maximum atomic E-state index is 12.3. The monoisotopic (exact) mass is 324 g/mol. The number of carbonyl (C=O) groups excluding carboxylic acids is 1. The minimum atomic E-state index is -0.147. The fraction of sp³-hybridized carbons (Fsp3) is 0.350. The maximum absolute atomic E-state index is 12.3. The zero-order valence-corrected chi connectivity index (χ0v) is 13.7. The minimum absolute atomic E-state index is 0.0768. The summed E-state index contributed by atoms with van der Waals surface area (Å²) in [6.07, 6.45) is 2.42. The standard InChI is InChI=1S/C20H24N2O2/c23-12-6-11-19(15-7-2-1-3-8-15)22-20(24)21-14-17-13-16-9-4-5-10-18(16)17/h1-5,7-10,17,19,23H,6,11-14H2,(H2,21,22,24). The lowest BCUT2D eigenvalue weighted by Crippen LogP contribution is -2.41. The van der Waals surface area contributed by atoms with Crippen molar-refractivity contribution in [1.29, 1.82) is 0 Å². The van der Waals surface area contributed by atoms with Crippen LogP contribution in [0.3, 0.4) is 0 Å². The predicted octanol–water partition coefficient (Wildman–Crippen LogP) is 3.14. The molecule has 2 aromatic rings. The van der Waals surface area contributed by atoms with Crippen molar-refractivity contribution >= 4 is 6.03 Å². The van der Waals surface area contributed by atoms with Gasteiger partial charge in [0.15, 0.2) is 0 Å². The van der Waals surface area contributed by atoms with E-state index in [2.05, 4.69) is 28.8 Å². The van der Waals surface area contributed by atoms with Crippen molar-refractivity contribution in [1.82, 2.24) is 10.6 Å². The van der Waals surface area contributed by atoms with Crippen LogP contribution >= 0.6 is 0 Å². The van der Waals surface area contributed by atoms with Crippen molar-refractivity contribution < 1.29 is 9.90 Å². The van der Waals surface area contributed by atoms with Gasteiger partial charge in [0.25, 0.3) is 0 Å². The topological polar surface area (TPSA) is 61.4 Å². The van der Waals surface area contributed by atoms with Crippen molar-refractivity contribution in [2.45, 2.75) is 31.2 Å². The molecule has 0 saturated carbocycles. The molecule has 0 bridgehead atoms. The molecule has 4 nitrogen and oxygen atoms in total. The highest BCUT2D eigenvalue weighted by Crippen LogP contribution is 2.33. The van der Waals surface area contributed by atoms with Crippen LogP contribution in [0.5, 0.6) is 0 Å². The average Bonchev–Trinajstić information content (AvgIpc) is 2.60. The molecule has 2 aromatic carbocycles. The first-order chi connectivity index (χ1) is 11.8. The Morgan fingerprint density at radius 2 is 1.88 bits per heavy atom. The number of aliphatic hydroxyl groups is 1. The Labute approximate surface area is 142 Å². The Balaban J connectivity index is 1.52. The van der Waals surface area contributed by atoms with Gasteiger partial charge in [-0.15, -0.1) is 0 Å². The summed E-state index contributed by atoms with van der Waals surface area (Å²) >= 11 is 0. The van der Waals surface area contributed by atoms with Crippen LogP contribution in [0.4, 0.5) is 4.79 Å². The Bertz CT molecular complexity index is 672. The Hall–Kier alpha value is -2.33. The summed E-state index contributed by atoms with van der Waals surface area (Å²) in [6.45, 7) is 0.788. The van der Waals surface area contributed by atoms with Crippen LogP contribution in [-0.4, -0.2) is 24.3 Å². The van der Waals surface area contributed by atoms with Gasteiger partial charge >= 0.3 is 6.03 Å². The SMILES string of the molecule is O=C(NCC1Cc2ccccc21)NC(CCCO)c1ccccc1. The van der Waals surface area contributed by atoms with Gasteiger partial charge < -0.3 is 15.7 Å². The normalized spacial score (nSPS) is 16.6. The van der Waals surface area contributed by atoms with E-state index in [0.717, 1.165) is 18.4 Å². The second kappa shape index (κ2) is 7.97. The fourth-order valence-corrected chi connectivity index (χ4v) is 3.27. The third-order valence-electron chi connectivity index (χ3n) is 4.63. The average molecular weight is 324 g/mol. The van der Waals surface area contributed by atoms with Crippen molar-refractivity contribution in [3.05, 3.63) is 71.3 Å². The van der Waals surface area contributed by atoms with Gasteiger partial charge in [-0.25, -0.2) is 4.79 Å². The minimum Gasteiger partial charge on any atom is -0.396 e. The van der Waals surface area contributed by atoms with E-state index in [1.165, 1.54) is 11.1 Å². The lowest BCUT2D eigenvalue weighted by atomic mass is 9.78. The molecule has 2 amide bonds. The third-order valence-corrected chi connectivity index (χ3v) is 4.63. The molecule has 0 aliphatic heterocycles. The lowest BCUT2D eigenvalue weighted by molar-refractivity contribution is 0.232. The molecule has 0 heterocycles. The van der Waals surface area contributed by atoms with E-state index in [4.69, 9.17) is 5.11 Å². The summed E-state index contributed by atoms with van der Waals surface area (Å²) in [5, 5.41) is 15.1. The van der Waals surface area contributed by atoms with E-state index in [1.807, 2.05) is 36.4 Å². The van der Waals surface area contributed by atoms with Gasteiger partial charge in [-0.2, -0.15) is 0 Å². The fourth-order valence-electron chi connectivity index (χ4n) is 3.27. The highest BCUT2D eigenvalue weighted by atomic mass is 16.3. The van der Waals surface area contributed by atoms with Crippen molar-refractivity contribution in [2.24, 2.45) is 0 Å². The molecule has 3 rings (SSSR count). The number of carbonyl (C=O) groups is 1. The molecule has 0 saturated heterocycles. The Morgan fingerprint density at radius 3 is 2.62 bits per heavy atom. The number of benzene rings is 2. The second-order valence-electron chi connectivity index (χ2n) is 6.28. The molecule has 3 N–H and O–H groups in total. The third kappa shape index (κ3) is 3.95. The summed E-state index contributed by atoms with van der Waals surface area (Å²) in [6, 6.07) is 18.1. The number of nitrogens with one attached hydrogen (secondary N) is 2. The van der Waals surface area contributed by atoms with Crippen LogP contribution < -0.4 is 10.6 Å². The van der Waals surface area contributed by atoms with Crippen LogP contribution in [0.2, 0.25) is 0 Å². The van der Waals surface area contributed by atoms with Crippen LogP contribution in [0, 0.1) is 0 Å². The van der Waals surface area contributed by atoms with E-state index in [9.17, 15) is 4.79 Å². The van der Waals surface area contributed by atoms with E-state index in [1.54, 1.807) is 0 Å². The molecule has 0 fully saturated rings. The van der Waals surface area contributed by atoms with Crippen LogP contribution in [0.25, 0.3) is 0 Å². The number of hydrogen-bond donors (Lipinski definition) is 3. The van der Waals surface area contributed by atoms with E-state index in [-0.39, 0.29) is 18.7 Å². The van der Waals surface area contributed by atoms with Gasteiger partial charge in [0.2, 0.25) is 0 Å². The summed E-state index contributed by atoms with van der Waals surface area (Å²) < 4.78 is 0. The molecule has 1 aliphatic rings. The lowest BCUT2D eigenvalue weighted by Gasteiger charge is -2.30. The summed E-state index contributed by atoms with van der Waals surface area (Å²) in [4.78, 5) is 12.3. The molecule has 0 aromatic heterocycles. The number of rotatable bonds is 7. The number of amides is 2. The zero-order chi connectivity index (χ0) is 16.8. The first-order valence-corrected chi connectivity index (χ1v) is 8.56. The highest BCUT2D eigenvalue weighted by Gasteiger charge is 2.25. The molecule has 1 aliphatic carbocycles. The second-order valence-corrected chi connectivity index (χ2v) is 6.28. The molecular weight excluding hydrogens is 300 g/mol. The quantitative estimate of drug-likeness (QED) is 0.733. The maximum Gasteiger partial charge on any atom is 0.315 e. The van der Waals surface area contributed by atoms with Crippen LogP contribution in [0.15, 0.2) is 54.6 Å². The van der Waals surface area contributed by atoms with Crippen molar-refractivity contribution in [2.75, 3.05) is 13.2 Å². The molecule has 0 radical (unpaired) electrons. The number of hydrogen-bond acceptors (Lipinski definition) is 2. The zero-order valence-electron chi connectivity index (χ0n) is 13.7. The summed E-state index contributed by atoms with van der Waals surface area (Å²) in [5.41, 5.74) is 3.79. The highest BCUT2D eigenvalue weighted by molar-refractivity contribution is 5.74. The van der Waals surface area contributed by atoms with E-state index in [0.29, 0.717) is 18.9 Å². The molecule has 0 spiro atoms. The Kier molecular flexibility index (Phi) is 5.49. The molecule has 24 heavy (non-hydrogen) atoms. The van der Waals surface area contributed by atoms with Crippen LogP contribution in [-0.2, 0) is 6.42 Å². The van der Waals surface area contributed by atoms with Gasteiger partial charge in [0.05, 0.1) is 6.04 Å². The molecule has 2 atom stereocenters. The van der Waals surface area contributed by atoms with Gasteiger partial charge in [0.1, 0.15) is 0 Å². The molecule has 2 unspecified atom stereocenters. The summed E-state index contributed by atoms with van der Waals surface area (Å²) in [5.74, 6) is 0.416. The van der Waals surface area contributed by atoms with Crippen LogP contribution in [0.1, 0.15) is 41.5 Å². The van der Waals surface area contributed by atoms with E-state index >= 15 is 0 Å². The van der Waals surface area contributed by atoms with E-state index < -0.39 is 0 Å². The summed E-state index contributed by atoms with van der Waals surface area (Å²) in [7, 11) is 0. The first-order valence-electron chi connectivity index (χ1n) is 8.56. The molecular formula is C20H24N2O2. The van der Waals surface area contributed by atoms with Gasteiger partial charge in [0, 0.05) is 19.1 Å². The largest absolute Gasteiger partial charge is 0.396 e. The number of aliphatic hydroxyl groups excluding tert-OH is 1. The predicted molar refractivity (Wildman–Crippen MR) is 94.9 cm³/mol. The van der Waals surface area contributed by atoms with Gasteiger partial charge in [-0.1, -0.05) is 54.6 Å². The first kappa shape index (κ1) is 16.5.